The van der Waals surface area contributed by atoms with E-state index in [1.807, 2.05) is 30.3 Å². The predicted octanol–water partition coefficient (Wildman–Crippen LogP) is 2.85. The summed E-state index contributed by atoms with van der Waals surface area (Å²) < 4.78 is 0. The van der Waals surface area contributed by atoms with Crippen LogP contribution in [0, 0.1) is 0 Å². The predicted molar refractivity (Wildman–Crippen MR) is 97.3 cm³/mol. The van der Waals surface area contributed by atoms with Crippen molar-refractivity contribution in [3.8, 4) is 0 Å². The number of halogens is 1. The number of amides is 2. The molecular formula is C18H19ClN4O3. The third-order valence-electron chi connectivity index (χ3n) is 4.61. The number of carboxylic acid groups (broad SMARTS) is 1. The van der Waals surface area contributed by atoms with Gasteiger partial charge in [-0.15, -0.1) is 0 Å². The number of carbonyl (C=O) groups excluding carboxylic acids is 1. The minimum absolute atomic E-state index is 0.101. The smallest absolute Gasteiger partial charge is 0.408 e. The van der Waals surface area contributed by atoms with Crippen LogP contribution in [0.15, 0.2) is 42.7 Å². The molecule has 0 radical (unpaired) electrons. The third-order valence-corrected chi connectivity index (χ3v) is 4.87. The zero-order valence-corrected chi connectivity index (χ0v) is 15.0. The molecule has 1 saturated heterocycles. The Balaban J connectivity index is 1.79. The van der Waals surface area contributed by atoms with Crippen molar-refractivity contribution < 1.29 is 14.7 Å². The van der Waals surface area contributed by atoms with E-state index < -0.39 is 12.1 Å². The van der Waals surface area contributed by atoms with E-state index in [2.05, 4.69) is 9.97 Å². The van der Waals surface area contributed by atoms with Crippen molar-refractivity contribution in [3.63, 3.8) is 0 Å². The van der Waals surface area contributed by atoms with Crippen LogP contribution < -0.4 is 4.90 Å². The summed E-state index contributed by atoms with van der Waals surface area (Å²) in [5.74, 6) is -0.138. The first-order valence-electron chi connectivity index (χ1n) is 8.28. The highest BCUT2D eigenvalue weighted by Gasteiger charge is 2.42. The van der Waals surface area contributed by atoms with Crippen LogP contribution in [-0.4, -0.2) is 51.1 Å². The number of benzene rings is 1. The largest absolute Gasteiger partial charge is 0.465 e. The van der Waals surface area contributed by atoms with E-state index in [0.29, 0.717) is 19.3 Å². The van der Waals surface area contributed by atoms with Gasteiger partial charge in [0.2, 0.25) is 0 Å². The molecule has 0 aliphatic carbocycles. The summed E-state index contributed by atoms with van der Waals surface area (Å²) in [6.45, 7) is 0. The first-order chi connectivity index (χ1) is 12.5. The van der Waals surface area contributed by atoms with Crippen LogP contribution in [0.5, 0.6) is 0 Å². The Morgan fingerprint density at radius 2 is 1.92 bits per heavy atom. The van der Waals surface area contributed by atoms with Crippen molar-refractivity contribution in [2.24, 2.45) is 0 Å². The Kier molecular flexibility index (Phi) is 5.37. The second kappa shape index (κ2) is 7.70. The topological polar surface area (TPSA) is 86.6 Å². The Labute approximate surface area is 156 Å². The van der Waals surface area contributed by atoms with Crippen LogP contribution in [-0.2, 0) is 11.2 Å². The SMILES string of the molecule is CN(C(=O)C1CCC(Cc2ccccc2)N1C(=O)O)c1nccnc1Cl. The lowest BCUT2D eigenvalue weighted by Gasteiger charge is -2.29. The van der Waals surface area contributed by atoms with E-state index in [-0.39, 0.29) is 22.9 Å². The quantitative estimate of drug-likeness (QED) is 0.889. The molecule has 2 aromatic rings. The maximum Gasteiger partial charge on any atom is 0.408 e. The fourth-order valence-electron chi connectivity index (χ4n) is 3.37. The van der Waals surface area contributed by atoms with Gasteiger partial charge in [-0.05, 0) is 24.8 Å². The molecule has 2 atom stereocenters. The van der Waals surface area contributed by atoms with Crippen LogP contribution in [0.2, 0.25) is 5.15 Å². The highest BCUT2D eigenvalue weighted by molar-refractivity contribution is 6.32. The molecule has 0 saturated carbocycles. The molecule has 1 aliphatic heterocycles. The van der Waals surface area contributed by atoms with E-state index in [9.17, 15) is 14.7 Å². The van der Waals surface area contributed by atoms with Crippen molar-refractivity contribution in [3.05, 3.63) is 53.4 Å². The summed E-state index contributed by atoms with van der Waals surface area (Å²) in [4.78, 5) is 35.3. The Morgan fingerprint density at radius 1 is 1.23 bits per heavy atom. The summed E-state index contributed by atoms with van der Waals surface area (Å²) in [6, 6.07) is 8.67. The summed E-state index contributed by atoms with van der Waals surface area (Å²) in [5, 5.41) is 9.79. The second-order valence-electron chi connectivity index (χ2n) is 6.19. The van der Waals surface area contributed by atoms with Crippen molar-refractivity contribution >= 4 is 29.4 Å². The zero-order chi connectivity index (χ0) is 18.7. The average molecular weight is 375 g/mol. The summed E-state index contributed by atoms with van der Waals surface area (Å²) in [7, 11) is 1.53. The highest BCUT2D eigenvalue weighted by Crippen LogP contribution is 2.30. The fourth-order valence-corrected chi connectivity index (χ4v) is 3.60. The van der Waals surface area contributed by atoms with Gasteiger partial charge >= 0.3 is 6.09 Å². The van der Waals surface area contributed by atoms with Crippen LogP contribution in [0.1, 0.15) is 18.4 Å². The van der Waals surface area contributed by atoms with Gasteiger partial charge in [0.1, 0.15) is 6.04 Å². The second-order valence-corrected chi connectivity index (χ2v) is 6.55. The fraction of sp³-hybridized carbons (Fsp3) is 0.333. The molecule has 3 rings (SSSR count). The molecule has 2 amide bonds. The van der Waals surface area contributed by atoms with E-state index in [4.69, 9.17) is 11.6 Å². The molecular weight excluding hydrogens is 356 g/mol. The van der Waals surface area contributed by atoms with Gasteiger partial charge in [-0.2, -0.15) is 0 Å². The number of carbonyl (C=O) groups is 2. The first-order valence-corrected chi connectivity index (χ1v) is 8.66. The molecule has 7 nitrogen and oxygen atoms in total. The first kappa shape index (κ1) is 18.1. The number of aromatic nitrogens is 2. The zero-order valence-electron chi connectivity index (χ0n) is 14.2. The van der Waals surface area contributed by atoms with Crippen LogP contribution in [0.25, 0.3) is 0 Å². The Morgan fingerprint density at radius 3 is 2.58 bits per heavy atom. The van der Waals surface area contributed by atoms with Crippen molar-refractivity contribution in [1.29, 1.82) is 0 Å². The van der Waals surface area contributed by atoms with Gasteiger partial charge < -0.3 is 5.11 Å². The van der Waals surface area contributed by atoms with Crippen molar-refractivity contribution in [2.75, 3.05) is 11.9 Å². The summed E-state index contributed by atoms with van der Waals surface area (Å²) in [6.07, 6.45) is 3.43. The van der Waals surface area contributed by atoms with Gasteiger partial charge in [0.25, 0.3) is 5.91 Å². The molecule has 2 heterocycles. The maximum absolute atomic E-state index is 12.9. The number of anilines is 1. The van der Waals surface area contributed by atoms with Crippen molar-refractivity contribution in [2.45, 2.75) is 31.3 Å². The Bertz CT molecular complexity index is 802. The molecule has 2 unspecified atom stereocenters. The van der Waals surface area contributed by atoms with Gasteiger partial charge in [0.05, 0.1) is 0 Å². The normalized spacial score (nSPS) is 19.4. The van der Waals surface area contributed by atoms with E-state index in [1.54, 1.807) is 0 Å². The lowest BCUT2D eigenvalue weighted by Crippen LogP contribution is -2.49. The molecule has 1 N–H and O–H groups in total. The van der Waals surface area contributed by atoms with Crippen LogP contribution in [0.3, 0.4) is 0 Å². The molecule has 1 aromatic heterocycles. The summed E-state index contributed by atoms with van der Waals surface area (Å²) in [5.41, 5.74) is 1.04. The third kappa shape index (κ3) is 3.62. The van der Waals surface area contributed by atoms with E-state index in [1.165, 1.54) is 29.2 Å². The number of likely N-dealkylation sites (N-methyl/N-ethyl adjacent to an activating group) is 1. The molecule has 26 heavy (non-hydrogen) atoms. The number of likely N-dealkylation sites (tertiary alicyclic amines) is 1. The molecule has 0 spiro atoms. The minimum atomic E-state index is -1.10. The minimum Gasteiger partial charge on any atom is -0.465 e. The Hall–Kier alpha value is -2.67. The molecule has 1 fully saturated rings. The number of rotatable bonds is 4. The van der Waals surface area contributed by atoms with Gasteiger partial charge in [0, 0.05) is 25.5 Å². The van der Waals surface area contributed by atoms with E-state index >= 15 is 0 Å². The maximum atomic E-state index is 12.9. The van der Waals surface area contributed by atoms with Crippen LogP contribution >= 0.6 is 11.6 Å². The lowest BCUT2D eigenvalue weighted by atomic mass is 10.0. The van der Waals surface area contributed by atoms with Gasteiger partial charge in [0.15, 0.2) is 11.0 Å². The molecule has 1 aromatic carbocycles. The van der Waals surface area contributed by atoms with Crippen molar-refractivity contribution in [1.82, 2.24) is 14.9 Å². The van der Waals surface area contributed by atoms with Gasteiger partial charge in [-0.3, -0.25) is 14.6 Å². The van der Waals surface area contributed by atoms with Crippen LogP contribution in [0.4, 0.5) is 10.6 Å². The number of nitrogens with zero attached hydrogens (tertiary/aromatic N) is 4. The number of hydrogen-bond acceptors (Lipinski definition) is 4. The molecule has 8 heteroatoms. The summed E-state index contributed by atoms with van der Waals surface area (Å²) >= 11 is 6.01. The number of hydrogen-bond donors (Lipinski definition) is 1. The molecule has 0 bridgehead atoms. The average Bonchev–Trinajstić information content (AvgIpc) is 3.05. The van der Waals surface area contributed by atoms with Gasteiger partial charge in [-0.1, -0.05) is 41.9 Å². The monoisotopic (exact) mass is 374 g/mol. The lowest BCUT2D eigenvalue weighted by molar-refractivity contribution is -0.122. The van der Waals surface area contributed by atoms with Gasteiger partial charge in [-0.25, -0.2) is 14.8 Å². The standard InChI is InChI=1S/C18H19ClN4O3/c1-22(16-15(19)20-9-10-21-16)17(24)14-8-7-13(23(14)18(25)26)11-12-5-3-2-4-6-12/h2-6,9-10,13-14H,7-8,11H2,1H3,(H,25,26). The highest BCUT2D eigenvalue weighted by atomic mass is 35.5. The van der Waals surface area contributed by atoms with E-state index in [0.717, 1.165) is 5.56 Å². The molecule has 136 valence electrons. The molecule has 1 aliphatic rings.